The second-order valence-corrected chi connectivity index (χ2v) is 9.25. The Kier molecular flexibility index (Phi) is 7.07. The lowest BCUT2D eigenvalue weighted by Crippen LogP contribution is -2.56. The van der Waals surface area contributed by atoms with Crippen LogP contribution in [0, 0.1) is 5.92 Å². The first-order chi connectivity index (χ1) is 12.6. The van der Waals surface area contributed by atoms with E-state index < -0.39 is 22.1 Å². The lowest BCUT2D eigenvalue weighted by Gasteiger charge is -2.36. The first kappa shape index (κ1) is 21.5. The third-order valence-corrected chi connectivity index (χ3v) is 6.49. The predicted octanol–water partition coefficient (Wildman–Crippen LogP) is 1.26. The van der Waals surface area contributed by atoms with Crippen LogP contribution in [0.1, 0.15) is 20.3 Å². The summed E-state index contributed by atoms with van der Waals surface area (Å²) in [6, 6.07) is 4.52. The maximum atomic E-state index is 12.7. The van der Waals surface area contributed by atoms with Gasteiger partial charge in [0.15, 0.2) is 0 Å². The number of hydrogen-bond donors (Lipinski definition) is 2. The molecule has 1 aromatic rings. The van der Waals surface area contributed by atoms with E-state index in [0.29, 0.717) is 11.4 Å². The molecular weight excluding hydrogens is 392 g/mol. The van der Waals surface area contributed by atoms with Crippen molar-refractivity contribution in [3.05, 3.63) is 29.3 Å². The quantitative estimate of drug-likeness (QED) is 0.726. The molecule has 1 atom stereocenters. The largest absolute Gasteiger partial charge is 0.352 e. The fraction of sp³-hybridized carbons (Fsp3) is 0.529. The van der Waals surface area contributed by atoms with Crippen LogP contribution in [0.15, 0.2) is 29.2 Å². The molecule has 1 fully saturated rings. The van der Waals surface area contributed by atoms with Crippen LogP contribution in [0.4, 0.5) is 4.79 Å². The number of nitrogens with one attached hydrogen (secondary N) is 1. The van der Waals surface area contributed by atoms with Crippen molar-refractivity contribution in [2.45, 2.75) is 31.2 Å². The number of carbonyl (C=O) groups excluding carboxylic acids is 2. The number of nitrogens with two attached hydrogens (primary N) is 1. The normalized spacial score (nSPS) is 17.0. The molecule has 1 aliphatic rings. The molecule has 3 amide bonds. The van der Waals surface area contributed by atoms with Crippen molar-refractivity contribution in [2.24, 2.45) is 11.7 Å². The van der Waals surface area contributed by atoms with Gasteiger partial charge in [0.1, 0.15) is 6.04 Å². The van der Waals surface area contributed by atoms with Crippen LogP contribution in [0.2, 0.25) is 5.02 Å². The zero-order valence-electron chi connectivity index (χ0n) is 15.4. The summed E-state index contributed by atoms with van der Waals surface area (Å²) in [5.41, 5.74) is 5.17. The fourth-order valence-corrected chi connectivity index (χ4v) is 4.54. The first-order valence-electron chi connectivity index (χ1n) is 8.71. The van der Waals surface area contributed by atoms with Gasteiger partial charge in [0.2, 0.25) is 15.9 Å². The number of urea groups is 1. The lowest BCUT2D eigenvalue weighted by atomic mass is 10.0. The Morgan fingerprint density at radius 3 is 2.19 bits per heavy atom. The number of nitrogens with zero attached hydrogens (tertiary/aromatic N) is 2. The molecule has 1 heterocycles. The molecule has 8 nitrogen and oxygen atoms in total. The molecule has 0 aliphatic carbocycles. The molecule has 0 unspecified atom stereocenters. The van der Waals surface area contributed by atoms with Gasteiger partial charge in [0.05, 0.1) is 4.90 Å². The van der Waals surface area contributed by atoms with E-state index in [9.17, 15) is 18.0 Å². The van der Waals surface area contributed by atoms with E-state index in [0.717, 1.165) is 0 Å². The van der Waals surface area contributed by atoms with Crippen LogP contribution in [0.5, 0.6) is 0 Å². The van der Waals surface area contributed by atoms with Crippen molar-refractivity contribution >= 4 is 33.6 Å². The van der Waals surface area contributed by atoms with Crippen molar-refractivity contribution in [3.8, 4) is 0 Å². The van der Waals surface area contributed by atoms with Crippen LogP contribution in [0.3, 0.4) is 0 Å². The van der Waals surface area contributed by atoms with Gasteiger partial charge in [-0.15, -0.1) is 0 Å². The first-order valence-corrected chi connectivity index (χ1v) is 10.5. The zero-order valence-corrected chi connectivity index (χ0v) is 17.0. The maximum Gasteiger partial charge on any atom is 0.312 e. The molecule has 1 saturated heterocycles. The molecule has 0 bridgehead atoms. The minimum Gasteiger partial charge on any atom is -0.352 e. The van der Waals surface area contributed by atoms with Gasteiger partial charge < -0.3 is 16.0 Å². The Hall–Kier alpha value is -1.84. The number of hydrogen-bond acceptors (Lipinski definition) is 4. The van der Waals surface area contributed by atoms with Crippen molar-refractivity contribution in [2.75, 3.05) is 26.2 Å². The van der Waals surface area contributed by atoms with Crippen molar-refractivity contribution < 1.29 is 18.0 Å². The number of carbonyl (C=O) groups is 2. The summed E-state index contributed by atoms with van der Waals surface area (Å²) in [5, 5.41) is 2.94. The molecule has 0 spiro atoms. The van der Waals surface area contributed by atoms with Gasteiger partial charge in [-0.05, 0) is 36.6 Å². The number of amides is 3. The van der Waals surface area contributed by atoms with Crippen LogP contribution < -0.4 is 11.1 Å². The highest BCUT2D eigenvalue weighted by molar-refractivity contribution is 7.89. The second-order valence-electron chi connectivity index (χ2n) is 6.87. The molecule has 0 aromatic heterocycles. The van der Waals surface area contributed by atoms with Gasteiger partial charge >= 0.3 is 6.03 Å². The van der Waals surface area contributed by atoms with Gasteiger partial charge in [-0.1, -0.05) is 25.4 Å². The molecule has 0 radical (unpaired) electrons. The molecule has 10 heteroatoms. The van der Waals surface area contributed by atoms with Gasteiger partial charge in [0.25, 0.3) is 0 Å². The topological polar surface area (TPSA) is 113 Å². The summed E-state index contributed by atoms with van der Waals surface area (Å²) >= 11 is 5.81. The van der Waals surface area contributed by atoms with E-state index in [1.54, 1.807) is 4.90 Å². The number of sulfonamides is 1. The summed E-state index contributed by atoms with van der Waals surface area (Å²) in [5.74, 6) is -0.0524. The Morgan fingerprint density at radius 1 is 1.15 bits per heavy atom. The number of primary amides is 1. The summed E-state index contributed by atoms with van der Waals surface area (Å²) in [4.78, 5) is 25.6. The average Bonchev–Trinajstić information content (AvgIpc) is 2.60. The van der Waals surface area contributed by atoms with Crippen LogP contribution >= 0.6 is 11.6 Å². The highest BCUT2D eigenvalue weighted by Crippen LogP contribution is 2.20. The third-order valence-electron chi connectivity index (χ3n) is 4.32. The summed E-state index contributed by atoms with van der Waals surface area (Å²) in [7, 11) is -3.64. The molecule has 1 aliphatic heterocycles. The molecule has 27 heavy (non-hydrogen) atoms. The van der Waals surface area contributed by atoms with E-state index in [1.165, 1.54) is 28.6 Å². The fourth-order valence-electron chi connectivity index (χ4n) is 2.99. The smallest absolute Gasteiger partial charge is 0.312 e. The average molecular weight is 417 g/mol. The van der Waals surface area contributed by atoms with Gasteiger partial charge in [-0.25, -0.2) is 13.2 Å². The molecule has 150 valence electrons. The lowest BCUT2D eigenvalue weighted by molar-refractivity contribution is -0.134. The van der Waals surface area contributed by atoms with Crippen molar-refractivity contribution in [1.82, 2.24) is 14.5 Å². The van der Waals surface area contributed by atoms with Gasteiger partial charge in [-0.3, -0.25) is 4.79 Å². The van der Waals surface area contributed by atoms with Crippen LogP contribution in [-0.4, -0.2) is 61.8 Å². The Balaban J connectivity index is 2.03. The third kappa shape index (κ3) is 5.57. The number of rotatable bonds is 6. The molecular formula is C17H25ClN4O4S. The van der Waals surface area contributed by atoms with Gasteiger partial charge in [-0.2, -0.15) is 4.31 Å². The Bertz CT molecular complexity index is 775. The number of piperazine rings is 1. The van der Waals surface area contributed by atoms with E-state index in [2.05, 4.69) is 5.32 Å². The highest BCUT2D eigenvalue weighted by atomic mass is 35.5. The maximum absolute atomic E-state index is 12.7. The Morgan fingerprint density at radius 2 is 1.70 bits per heavy atom. The van der Waals surface area contributed by atoms with Crippen molar-refractivity contribution in [1.29, 1.82) is 0 Å². The molecule has 2 rings (SSSR count). The van der Waals surface area contributed by atoms with Crippen LogP contribution in [-0.2, 0) is 14.8 Å². The number of benzene rings is 1. The van der Waals surface area contributed by atoms with Gasteiger partial charge in [0, 0.05) is 31.2 Å². The molecule has 3 N–H and O–H groups in total. The Labute approximate surface area is 164 Å². The minimum absolute atomic E-state index is 0.166. The summed E-state index contributed by atoms with van der Waals surface area (Å²) in [6.07, 6.45) is 0.463. The standard InChI is InChI=1S/C17H25ClN4O4S/c1-12(2)11-15(20-17(19)24)16(23)21-7-9-22(10-8-21)27(25,26)14-5-3-13(18)4-6-14/h3-6,12,15H,7-11H2,1-2H3,(H3,19,20,24)/t15-/m1/s1. The van der Waals surface area contributed by atoms with E-state index in [-0.39, 0.29) is 42.9 Å². The second kappa shape index (κ2) is 8.90. The zero-order chi connectivity index (χ0) is 20.2. The van der Waals surface area contributed by atoms with Crippen molar-refractivity contribution in [3.63, 3.8) is 0 Å². The van der Waals surface area contributed by atoms with E-state index in [4.69, 9.17) is 17.3 Å². The monoisotopic (exact) mass is 416 g/mol. The summed E-state index contributed by atoms with van der Waals surface area (Å²) in [6.45, 7) is 4.75. The van der Waals surface area contributed by atoms with E-state index in [1.807, 2.05) is 13.8 Å². The molecule has 0 saturated carbocycles. The van der Waals surface area contributed by atoms with E-state index >= 15 is 0 Å². The predicted molar refractivity (Wildman–Crippen MR) is 103 cm³/mol. The van der Waals surface area contributed by atoms with Crippen LogP contribution in [0.25, 0.3) is 0 Å². The summed E-state index contributed by atoms with van der Waals surface area (Å²) < 4.78 is 26.8. The number of halogens is 1. The highest BCUT2D eigenvalue weighted by Gasteiger charge is 2.33. The SMILES string of the molecule is CC(C)C[C@@H](NC(N)=O)C(=O)N1CCN(S(=O)(=O)c2ccc(Cl)cc2)CC1. The minimum atomic E-state index is -3.64. The molecule has 1 aromatic carbocycles.